The minimum Gasteiger partial charge on any atom is -0.399 e. The molecule has 2 amide bonds. The lowest BCUT2D eigenvalue weighted by Crippen LogP contribution is -2.46. The zero-order valence-electron chi connectivity index (χ0n) is 19.7. The van der Waals surface area contributed by atoms with Gasteiger partial charge in [0.25, 0.3) is 5.91 Å². The number of carbonyl (C=O) groups is 2. The number of likely N-dealkylation sites (N-methyl/N-ethyl adjacent to an activating group) is 1. The van der Waals surface area contributed by atoms with Crippen LogP contribution in [0.4, 0.5) is 17.1 Å². The number of nitrogens with zero attached hydrogens (tertiary/aromatic N) is 2. The predicted octanol–water partition coefficient (Wildman–Crippen LogP) is 4.49. The fourth-order valence-corrected chi connectivity index (χ4v) is 4.26. The van der Waals surface area contributed by atoms with Crippen molar-refractivity contribution in [1.29, 1.82) is 0 Å². The molecular formula is C27H30ClN5O2. The normalized spacial score (nSPS) is 15.4. The second-order valence-electron chi connectivity index (χ2n) is 8.81. The third-order valence-electron chi connectivity index (χ3n) is 6.21. The standard InChI is InChI=1S/C27H30ClN5O2/c1-32-14-16-33(17-15-32)25(18-26(34)30-23-10-6-21(28)7-11-23)19-2-4-20(5-3-19)27(35)31-24-12-8-22(29)9-13-24/h2-13,25H,14-18,29H2,1H3,(H,30,34)(H,31,35). The number of nitrogen functional groups attached to an aromatic ring is 1. The number of anilines is 3. The van der Waals surface area contributed by atoms with E-state index in [2.05, 4.69) is 27.5 Å². The van der Waals surface area contributed by atoms with Crippen LogP contribution in [-0.2, 0) is 4.79 Å². The summed E-state index contributed by atoms with van der Waals surface area (Å²) in [5, 5.41) is 6.48. The Balaban J connectivity index is 1.47. The van der Waals surface area contributed by atoms with Gasteiger partial charge in [-0.1, -0.05) is 23.7 Å². The molecule has 0 radical (unpaired) electrons. The molecule has 1 atom stereocenters. The second kappa shape index (κ2) is 11.4. The Kier molecular flexibility index (Phi) is 8.02. The number of piperazine rings is 1. The van der Waals surface area contributed by atoms with Crippen LogP contribution >= 0.6 is 11.6 Å². The topological polar surface area (TPSA) is 90.7 Å². The Morgan fingerprint density at radius 2 is 1.43 bits per heavy atom. The molecule has 0 saturated carbocycles. The van der Waals surface area contributed by atoms with Crippen LogP contribution in [0.5, 0.6) is 0 Å². The third kappa shape index (κ3) is 6.82. The largest absolute Gasteiger partial charge is 0.399 e. The van der Waals surface area contributed by atoms with Gasteiger partial charge in [-0.25, -0.2) is 0 Å². The van der Waals surface area contributed by atoms with Gasteiger partial charge in [0.2, 0.25) is 5.91 Å². The average molecular weight is 492 g/mol. The molecule has 4 rings (SSSR count). The highest BCUT2D eigenvalue weighted by molar-refractivity contribution is 6.30. The molecule has 182 valence electrons. The fraction of sp³-hybridized carbons (Fsp3) is 0.259. The Morgan fingerprint density at radius 3 is 2.06 bits per heavy atom. The number of amides is 2. The van der Waals surface area contributed by atoms with E-state index in [1.807, 2.05) is 24.3 Å². The van der Waals surface area contributed by atoms with Gasteiger partial charge in [-0.05, 0) is 73.3 Å². The number of rotatable bonds is 7. The van der Waals surface area contributed by atoms with Gasteiger partial charge in [0.15, 0.2) is 0 Å². The molecule has 0 spiro atoms. The van der Waals surface area contributed by atoms with E-state index in [9.17, 15) is 9.59 Å². The summed E-state index contributed by atoms with van der Waals surface area (Å²) < 4.78 is 0. The average Bonchev–Trinajstić information content (AvgIpc) is 2.86. The smallest absolute Gasteiger partial charge is 0.255 e. The highest BCUT2D eigenvalue weighted by Crippen LogP contribution is 2.27. The molecule has 1 aliphatic rings. The molecule has 7 nitrogen and oxygen atoms in total. The maximum absolute atomic E-state index is 12.9. The van der Waals surface area contributed by atoms with E-state index in [-0.39, 0.29) is 17.9 Å². The molecule has 8 heteroatoms. The molecule has 4 N–H and O–H groups in total. The monoisotopic (exact) mass is 491 g/mol. The van der Waals surface area contributed by atoms with Crippen LogP contribution in [0.1, 0.15) is 28.4 Å². The van der Waals surface area contributed by atoms with Crippen LogP contribution in [0.15, 0.2) is 72.8 Å². The minimum atomic E-state index is -0.196. The highest BCUT2D eigenvalue weighted by atomic mass is 35.5. The van der Waals surface area contributed by atoms with Gasteiger partial charge in [-0.2, -0.15) is 0 Å². The number of hydrogen-bond donors (Lipinski definition) is 3. The molecule has 1 saturated heterocycles. The summed E-state index contributed by atoms with van der Waals surface area (Å²) in [7, 11) is 2.11. The number of nitrogens with one attached hydrogen (secondary N) is 2. The van der Waals surface area contributed by atoms with E-state index >= 15 is 0 Å². The number of benzene rings is 3. The lowest BCUT2D eigenvalue weighted by atomic mass is 9.99. The summed E-state index contributed by atoms with van der Waals surface area (Å²) in [4.78, 5) is 30.2. The number of hydrogen-bond acceptors (Lipinski definition) is 5. The predicted molar refractivity (Wildman–Crippen MR) is 142 cm³/mol. The van der Waals surface area contributed by atoms with Crippen LogP contribution in [0.2, 0.25) is 5.02 Å². The minimum absolute atomic E-state index is 0.0681. The van der Waals surface area contributed by atoms with Crippen molar-refractivity contribution >= 4 is 40.5 Å². The van der Waals surface area contributed by atoms with Crippen LogP contribution in [0.3, 0.4) is 0 Å². The molecule has 35 heavy (non-hydrogen) atoms. The number of halogens is 1. The first-order valence-corrected chi connectivity index (χ1v) is 12.0. The Bertz CT molecular complexity index is 1140. The molecule has 1 aliphatic heterocycles. The summed E-state index contributed by atoms with van der Waals surface area (Å²) in [5.41, 5.74) is 9.30. The van der Waals surface area contributed by atoms with Crippen LogP contribution < -0.4 is 16.4 Å². The lowest BCUT2D eigenvalue weighted by molar-refractivity contribution is -0.117. The fourth-order valence-electron chi connectivity index (χ4n) is 4.14. The summed E-state index contributed by atoms with van der Waals surface area (Å²) >= 11 is 5.96. The Morgan fingerprint density at radius 1 is 0.857 bits per heavy atom. The molecule has 1 unspecified atom stereocenters. The van der Waals surface area contributed by atoms with Crippen LogP contribution in [0, 0.1) is 0 Å². The lowest BCUT2D eigenvalue weighted by Gasteiger charge is -2.38. The first-order valence-electron chi connectivity index (χ1n) is 11.6. The van der Waals surface area contributed by atoms with E-state index in [1.54, 1.807) is 48.5 Å². The highest BCUT2D eigenvalue weighted by Gasteiger charge is 2.26. The van der Waals surface area contributed by atoms with Crippen molar-refractivity contribution in [3.8, 4) is 0 Å². The molecule has 3 aromatic carbocycles. The van der Waals surface area contributed by atoms with Crippen molar-refractivity contribution in [3.05, 3.63) is 88.9 Å². The quantitative estimate of drug-likeness (QED) is 0.423. The molecule has 1 fully saturated rings. The second-order valence-corrected chi connectivity index (χ2v) is 9.25. The van der Waals surface area contributed by atoms with E-state index in [0.717, 1.165) is 31.7 Å². The molecular weight excluding hydrogens is 462 g/mol. The van der Waals surface area contributed by atoms with Gasteiger partial charge in [-0.15, -0.1) is 0 Å². The third-order valence-corrected chi connectivity index (χ3v) is 6.46. The number of carbonyl (C=O) groups excluding carboxylic acids is 2. The summed E-state index contributed by atoms with van der Waals surface area (Å²) in [6, 6.07) is 21.5. The molecule has 0 bridgehead atoms. The summed E-state index contributed by atoms with van der Waals surface area (Å²) in [5.74, 6) is -0.264. The van der Waals surface area contributed by atoms with Gasteiger partial charge >= 0.3 is 0 Å². The van der Waals surface area contributed by atoms with E-state index in [4.69, 9.17) is 17.3 Å². The summed E-state index contributed by atoms with van der Waals surface area (Å²) in [6.07, 6.45) is 0.309. The first-order chi connectivity index (χ1) is 16.9. The van der Waals surface area contributed by atoms with Crippen molar-refractivity contribution in [2.75, 3.05) is 49.6 Å². The molecule has 0 aromatic heterocycles. The van der Waals surface area contributed by atoms with E-state index in [1.165, 1.54) is 0 Å². The first kappa shape index (κ1) is 24.7. The molecule has 1 heterocycles. The van der Waals surface area contributed by atoms with Gasteiger partial charge < -0.3 is 21.3 Å². The maximum Gasteiger partial charge on any atom is 0.255 e. The van der Waals surface area contributed by atoms with Crippen molar-refractivity contribution < 1.29 is 9.59 Å². The van der Waals surface area contributed by atoms with E-state index in [0.29, 0.717) is 34.1 Å². The van der Waals surface area contributed by atoms with Gasteiger partial charge in [-0.3, -0.25) is 14.5 Å². The van der Waals surface area contributed by atoms with Crippen LogP contribution in [-0.4, -0.2) is 54.8 Å². The van der Waals surface area contributed by atoms with Crippen LogP contribution in [0.25, 0.3) is 0 Å². The number of nitrogens with two attached hydrogens (primary N) is 1. The van der Waals surface area contributed by atoms with Crippen molar-refractivity contribution in [3.63, 3.8) is 0 Å². The summed E-state index contributed by atoms with van der Waals surface area (Å²) in [6.45, 7) is 3.62. The van der Waals surface area contributed by atoms with Crippen molar-refractivity contribution in [2.24, 2.45) is 0 Å². The zero-order chi connectivity index (χ0) is 24.8. The molecule has 3 aromatic rings. The molecule has 0 aliphatic carbocycles. The Hall–Kier alpha value is -3.39. The zero-order valence-corrected chi connectivity index (χ0v) is 20.5. The van der Waals surface area contributed by atoms with Crippen molar-refractivity contribution in [1.82, 2.24) is 9.80 Å². The van der Waals surface area contributed by atoms with Crippen molar-refractivity contribution in [2.45, 2.75) is 12.5 Å². The van der Waals surface area contributed by atoms with Gasteiger partial charge in [0.1, 0.15) is 0 Å². The van der Waals surface area contributed by atoms with Gasteiger partial charge in [0.05, 0.1) is 0 Å². The van der Waals surface area contributed by atoms with Gasteiger partial charge in [0, 0.05) is 66.3 Å². The SMILES string of the molecule is CN1CCN(C(CC(=O)Nc2ccc(Cl)cc2)c2ccc(C(=O)Nc3ccc(N)cc3)cc2)CC1. The van der Waals surface area contributed by atoms with E-state index < -0.39 is 0 Å². The maximum atomic E-state index is 12.9. The Labute approximate surface area is 210 Å².